The number of hydrogen-bond donors (Lipinski definition) is 0. The van der Waals surface area contributed by atoms with Crippen LogP contribution in [0.25, 0.3) is 0 Å². The van der Waals surface area contributed by atoms with Crippen molar-refractivity contribution in [2.45, 2.75) is 54.4 Å². The van der Waals surface area contributed by atoms with Gasteiger partial charge in [0.05, 0.1) is 0 Å². The Morgan fingerprint density at radius 3 is 2.06 bits per heavy atom. The van der Waals surface area contributed by atoms with E-state index in [0.717, 1.165) is 12.2 Å². The van der Waals surface area contributed by atoms with Crippen LogP contribution in [0, 0.1) is 10.8 Å². The fourth-order valence-corrected chi connectivity index (χ4v) is 1.95. The molecule has 94 valence electrons. The molecule has 0 nitrogen and oxygen atoms in total. The summed E-state index contributed by atoms with van der Waals surface area (Å²) in [6.45, 7) is 17.7. The third-order valence-corrected chi connectivity index (χ3v) is 3.47. The number of rotatable bonds is 5. The molecular formula is C15H28S. The zero-order chi connectivity index (χ0) is 12.8. The molecule has 0 spiro atoms. The lowest BCUT2D eigenvalue weighted by atomic mass is 9.89. The van der Waals surface area contributed by atoms with Crippen LogP contribution in [-0.2, 0) is 0 Å². The van der Waals surface area contributed by atoms with Gasteiger partial charge >= 0.3 is 0 Å². The fraction of sp³-hybridized carbons (Fsp3) is 0.733. The van der Waals surface area contributed by atoms with Gasteiger partial charge < -0.3 is 0 Å². The minimum absolute atomic E-state index is 0.405. The van der Waals surface area contributed by atoms with Crippen LogP contribution in [0.3, 0.4) is 0 Å². The van der Waals surface area contributed by atoms with Gasteiger partial charge in [0.25, 0.3) is 0 Å². The summed E-state index contributed by atoms with van der Waals surface area (Å²) in [6, 6.07) is 0. The highest BCUT2D eigenvalue weighted by Crippen LogP contribution is 2.24. The molecule has 0 amide bonds. The lowest BCUT2D eigenvalue weighted by Gasteiger charge is -2.17. The monoisotopic (exact) mass is 240 g/mol. The lowest BCUT2D eigenvalue weighted by Crippen LogP contribution is -2.07. The van der Waals surface area contributed by atoms with Crippen LogP contribution >= 0.6 is 11.8 Å². The van der Waals surface area contributed by atoms with Gasteiger partial charge in [-0.25, -0.2) is 0 Å². The van der Waals surface area contributed by atoms with E-state index in [9.17, 15) is 0 Å². The van der Waals surface area contributed by atoms with Gasteiger partial charge in [0.1, 0.15) is 0 Å². The quantitative estimate of drug-likeness (QED) is 0.559. The van der Waals surface area contributed by atoms with E-state index in [4.69, 9.17) is 0 Å². The molecule has 0 aromatic carbocycles. The van der Waals surface area contributed by atoms with Crippen molar-refractivity contribution in [2.24, 2.45) is 10.8 Å². The Kier molecular flexibility index (Phi) is 6.47. The van der Waals surface area contributed by atoms with Gasteiger partial charge in [-0.05, 0) is 29.1 Å². The summed E-state index contributed by atoms with van der Waals surface area (Å²) < 4.78 is 0. The first-order valence-corrected chi connectivity index (χ1v) is 7.11. The molecule has 0 fully saturated rings. The summed E-state index contributed by atoms with van der Waals surface area (Å²) in [4.78, 5) is 0. The first-order valence-electron chi connectivity index (χ1n) is 6.06. The van der Waals surface area contributed by atoms with Crippen LogP contribution in [0.2, 0.25) is 0 Å². The van der Waals surface area contributed by atoms with Crippen molar-refractivity contribution < 1.29 is 0 Å². The van der Waals surface area contributed by atoms with Crippen LogP contribution in [-0.4, -0.2) is 5.75 Å². The minimum atomic E-state index is 0.405. The van der Waals surface area contributed by atoms with Crippen molar-refractivity contribution in [1.29, 1.82) is 0 Å². The van der Waals surface area contributed by atoms with Gasteiger partial charge in [0.2, 0.25) is 0 Å². The Bertz CT molecular complexity index is 235. The first kappa shape index (κ1) is 15.8. The van der Waals surface area contributed by atoms with Gasteiger partial charge in [0, 0.05) is 5.75 Å². The largest absolute Gasteiger partial charge is 0.134 e. The average Bonchev–Trinajstić information content (AvgIpc) is 2.06. The van der Waals surface area contributed by atoms with Crippen molar-refractivity contribution >= 4 is 11.8 Å². The van der Waals surface area contributed by atoms with Crippen molar-refractivity contribution in [3.63, 3.8) is 0 Å². The SMILES string of the molecule is C=C(/C=C/SCC(C)(C)C)CCC(C)(C)C. The molecule has 0 atom stereocenters. The van der Waals surface area contributed by atoms with Crippen LogP contribution < -0.4 is 0 Å². The summed E-state index contributed by atoms with van der Waals surface area (Å²) >= 11 is 1.88. The summed E-state index contributed by atoms with van der Waals surface area (Å²) in [5.41, 5.74) is 2.06. The number of allylic oxidation sites excluding steroid dienone is 2. The van der Waals surface area contributed by atoms with Crippen molar-refractivity contribution in [3.05, 3.63) is 23.6 Å². The maximum absolute atomic E-state index is 4.09. The van der Waals surface area contributed by atoms with Gasteiger partial charge in [-0.1, -0.05) is 59.8 Å². The highest BCUT2D eigenvalue weighted by molar-refractivity contribution is 8.02. The molecule has 1 heteroatoms. The molecule has 0 radical (unpaired) electrons. The van der Waals surface area contributed by atoms with Crippen molar-refractivity contribution in [3.8, 4) is 0 Å². The van der Waals surface area contributed by atoms with E-state index < -0.39 is 0 Å². The Labute approximate surface area is 107 Å². The Hall–Kier alpha value is -0.170. The van der Waals surface area contributed by atoms with Crippen LogP contribution in [0.5, 0.6) is 0 Å². The fourth-order valence-electron chi connectivity index (χ4n) is 1.06. The lowest BCUT2D eigenvalue weighted by molar-refractivity contribution is 0.379. The Balaban J connectivity index is 3.76. The molecular weight excluding hydrogens is 212 g/mol. The second-order valence-electron chi connectivity index (χ2n) is 6.89. The zero-order valence-electron chi connectivity index (χ0n) is 11.9. The molecule has 0 aromatic rings. The average molecular weight is 240 g/mol. The van der Waals surface area contributed by atoms with Gasteiger partial charge in [0.15, 0.2) is 0 Å². The smallest absolute Gasteiger partial charge is 0.00228 e. The van der Waals surface area contributed by atoms with Gasteiger partial charge in [-0.2, -0.15) is 0 Å². The molecule has 0 aromatic heterocycles. The normalized spacial score (nSPS) is 13.4. The molecule has 0 saturated carbocycles. The molecule has 0 aliphatic heterocycles. The predicted octanol–water partition coefficient (Wildman–Crippen LogP) is 5.66. The van der Waals surface area contributed by atoms with Crippen LogP contribution in [0.15, 0.2) is 23.6 Å². The van der Waals surface area contributed by atoms with Gasteiger partial charge in [-0.15, -0.1) is 11.8 Å². The Morgan fingerprint density at radius 1 is 1.06 bits per heavy atom. The molecule has 0 bridgehead atoms. The van der Waals surface area contributed by atoms with E-state index in [1.54, 1.807) is 0 Å². The standard InChI is InChI=1S/C15H28S/c1-13(8-10-14(2,3)4)9-11-16-12-15(5,6)7/h9,11H,1,8,10,12H2,2-7H3/b11-9+. The van der Waals surface area contributed by atoms with E-state index >= 15 is 0 Å². The maximum atomic E-state index is 4.09. The predicted molar refractivity (Wildman–Crippen MR) is 78.9 cm³/mol. The van der Waals surface area contributed by atoms with Crippen molar-refractivity contribution in [2.75, 3.05) is 5.75 Å². The minimum Gasteiger partial charge on any atom is -0.134 e. The highest BCUT2D eigenvalue weighted by Gasteiger charge is 2.10. The van der Waals surface area contributed by atoms with Crippen LogP contribution in [0.4, 0.5) is 0 Å². The van der Waals surface area contributed by atoms with Crippen molar-refractivity contribution in [1.82, 2.24) is 0 Å². The Morgan fingerprint density at radius 2 is 1.62 bits per heavy atom. The van der Waals surface area contributed by atoms with E-state index in [-0.39, 0.29) is 0 Å². The van der Waals surface area contributed by atoms with E-state index in [0.29, 0.717) is 10.8 Å². The highest BCUT2D eigenvalue weighted by atomic mass is 32.2. The summed E-state index contributed by atoms with van der Waals surface area (Å²) in [5.74, 6) is 1.16. The third kappa shape index (κ3) is 11.9. The van der Waals surface area contributed by atoms with Crippen LogP contribution in [0.1, 0.15) is 54.4 Å². The second kappa shape index (κ2) is 6.54. The molecule has 16 heavy (non-hydrogen) atoms. The number of thioether (sulfide) groups is 1. The first-order chi connectivity index (χ1) is 7.10. The molecule has 0 rings (SSSR count). The van der Waals surface area contributed by atoms with E-state index in [1.165, 1.54) is 12.0 Å². The zero-order valence-corrected chi connectivity index (χ0v) is 12.7. The summed E-state index contributed by atoms with van der Waals surface area (Å²) in [5, 5.41) is 2.19. The topological polar surface area (TPSA) is 0 Å². The third-order valence-electron chi connectivity index (χ3n) is 2.11. The van der Waals surface area contributed by atoms with Gasteiger partial charge in [-0.3, -0.25) is 0 Å². The summed E-state index contributed by atoms with van der Waals surface area (Å²) in [6.07, 6.45) is 4.48. The molecule has 0 heterocycles. The molecule has 0 N–H and O–H groups in total. The second-order valence-corrected chi connectivity index (χ2v) is 7.79. The molecule has 0 unspecified atom stereocenters. The van der Waals surface area contributed by atoms with E-state index in [1.807, 2.05) is 11.8 Å². The molecule has 0 aliphatic carbocycles. The molecule has 0 aliphatic rings. The molecule has 0 saturated heterocycles. The number of hydrogen-bond acceptors (Lipinski definition) is 1. The maximum Gasteiger partial charge on any atom is 0.00228 e. The summed E-state index contributed by atoms with van der Waals surface area (Å²) in [7, 11) is 0. The van der Waals surface area contributed by atoms with E-state index in [2.05, 4.69) is 59.6 Å².